The summed E-state index contributed by atoms with van der Waals surface area (Å²) in [6, 6.07) is 6.30. The van der Waals surface area contributed by atoms with Crippen molar-refractivity contribution in [2.75, 3.05) is 13.2 Å². The van der Waals surface area contributed by atoms with E-state index >= 15 is 0 Å². The molecule has 0 saturated heterocycles. The monoisotopic (exact) mass is 367 g/mol. The molecule has 1 amide bonds. The van der Waals surface area contributed by atoms with Crippen LogP contribution in [0.5, 0.6) is 5.75 Å². The van der Waals surface area contributed by atoms with Crippen LogP contribution in [0, 0.1) is 5.92 Å². The summed E-state index contributed by atoms with van der Waals surface area (Å²) >= 11 is 0. The number of amides is 1. The molecule has 0 unspecified atom stereocenters. The predicted molar refractivity (Wildman–Crippen MR) is 97.2 cm³/mol. The molecule has 7 nitrogen and oxygen atoms in total. The molecule has 1 aromatic carbocycles. The van der Waals surface area contributed by atoms with E-state index in [1.807, 2.05) is 13.8 Å². The van der Waals surface area contributed by atoms with Crippen LogP contribution in [0.15, 0.2) is 24.3 Å². The highest BCUT2D eigenvalue weighted by Gasteiger charge is 2.19. The summed E-state index contributed by atoms with van der Waals surface area (Å²) in [4.78, 5) is 23.3. The lowest BCUT2D eigenvalue weighted by Gasteiger charge is -2.22. The number of alkyl carbamates (subject to hydrolysis) is 1. The molecule has 0 spiro atoms. The van der Waals surface area contributed by atoms with Gasteiger partial charge in [0, 0.05) is 0 Å². The van der Waals surface area contributed by atoms with Gasteiger partial charge in [0.25, 0.3) is 0 Å². The third-order valence-electron chi connectivity index (χ3n) is 3.08. The smallest absolute Gasteiger partial charge is 0.444 e. The summed E-state index contributed by atoms with van der Waals surface area (Å²) in [6.07, 6.45) is -0.913. The first-order valence-corrected chi connectivity index (χ1v) is 8.63. The molecule has 26 heavy (non-hydrogen) atoms. The molecule has 0 saturated carbocycles. The van der Waals surface area contributed by atoms with Crippen LogP contribution < -0.4 is 10.1 Å². The molecule has 146 valence electrons. The first kappa shape index (κ1) is 21.8. The first-order valence-electron chi connectivity index (χ1n) is 8.63. The molecule has 0 fully saturated rings. The lowest BCUT2D eigenvalue weighted by Crippen LogP contribution is -2.42. The molecule has 1 rings (SSSR count). The Morgan fingerprint density at radius 2 is 1.77 bits per heavy atom. The minimum absolute atomic E-state index is 0.223. The topological polar surface area (TPSA) is 94.1 Å². The van der Waals surface area contributed by atoms with Gasteiger partial charge in [0.2, 0.25) is 0 Å². The second-order valence-electron chi connectivity index (χ2n) is 7.43. The number of hydrogen-bond acceptors (Lipinski definition) is 6. The second kappa shape index (κ2) is 10.0. The lowest BCUT2D eigenvalue weighted by atomic mass is 10.1. The fourth-order valence-electron chi connectivity index (χ4n) is 1.97. The summed E-state index contributed by atoms with van der Waals surface area (Å²) in [6.45, 7) is 9.25. The summed E-state index contributed by atoms with van der Waals surface area (Å²) < 4.78 is 15.2. The van der Waals surface area contributed by atoms with E-state index in [2.05, 4.69) is 5.32 Å². The summed E-state index contributed by atoms with van der Waals surface area (Å²) in [5, 5.41) is 12.1. The van der Waals surface area contributed by atoms with Gasteiger partial charge >= 0.3 is 12.2 Å². The van der Waals surface area contributed by atoms with Crippen molar-refractivity contribution in [3.8, 4) is 5.75 Å². The Hall–Kier alpha value is -2.28. The number of carbonyl (C=O) groups excluding carboxylic acids is 2. The van der Waals surface area contributed by atoms with Gasteiger partial charge in [-0.05, 0) is 50.8 Å². The van der Waals surface area contributed by atoms with Crippen LogP contribution in [0.4, 0.5) is 9.59 Å². The van der Waals surface area contributed by atoms with Crippen LogP contribution >= 0.6 is 0 Å². The van der Waals surface area contributed by atoms with Crippen LogP contribution in [0.25, 0.3) is 0 Å². The van der Waals surface area contributed by atoms with E-state index in [4.69, 9.17) is 14.2 Å². The maximum Gasteiger partial charge on any atom is 0.513 e. The number of benzene rings is 1. The van der Waals surface area contributed by atoms with Gasteiger partial charge in [-0.25, -0.2) is 9.59 Å². The molecule has 0 aliphatic heterocycles. The average molecular weight is 367 g/mol. The molecule has 1 atom stereocenters. The Labute approximate surface area is 154 Å². The van der Waals surface area contributed by atoms with Crippen molar-refractivity contribution in [2.24, 2.45) is 5.92 Å². The Morgan fingerprint density at radius 3 is 2.27 bits per heavy atom. The van der Waals surface area contributed by atoms with Gasteiger partial charge in [0.15, 0.2) is 0 Å². The molecule has 1 aromatic rings. The van der Waals surface area contributed by atoms with Gasteiger partial charge in [-0.3, -0.25) is 0 Å². The van der Waals surface area contributed by atoms with Gasteiger partial charge in [0.1, 0.15) is 11.4 Å². The standard InChI is InChI=1S/C19H29NO6/c1-13(2)12-24-18(23)25-16-8-6-14(7-9-16)10-15(11-21)20-17(22)26-19(3,4)5/h6-9,13,15,21H,10-12H2,1-5H3,(H,20,22)/t15-/m0/s1. The summed E-state index contributed by atoms with van der Waals surface area (Å²) in [7, 11) is 0. The maximum absolute atomic E-state index is 11.8. The van der Waals surface area contributed by atoms with Crippen LogP contribution in [0.1, 0.15) is 40.2 Å². The van der Waals surface area contributed by atoms with Gasteiger partial charge in [-0.15, -0.1) is 0 Å². The van der Waals surface area contributed by atoms with E-state index in [1.165, 1.54) is 0 Å². The van der Waals surface area contributed by atoms with Crippen molar-refractivity contribution in [1.29, 1.82) is 0 Å². The number of hydrogen-bond donors (Lipinski definition) is 2. The summed E-state index contributed by atoms with van der Waals surface area (Å²) in [5.74, 6) is 0.598. The zero-order chi connectivity index (χ0) is 19.7. The third-order valence-corrected chi connectivity index (χ3v) is 3.08. The van der Waals surface area contributed by atoms with Crippen molar-refractivity contribution < 1.29 is 28.9 Å². The lowest BCUT2D eigenvalue weighted by molar-refractivity contribution is 0.0482. The zero-order valence-electron chi connectivity index (χ0n) is 16.1. The highest BCUT2D eigenvalue weighted by Crippen LogP contribution is 2.15. The van der Waals surface area contributed by atoms with Gasteiger partial charge in [-0.1, -0.05) is 26.0 Å². The van der Waals surface area contributed by atoms with Crippen LogP contribution in [-0.2, 0) is 15.9 Å². The van der Waals surface area contributed by atoms with Crippen molar-refractivity contribution in [3.63, 3.8) is 0 Å². The molecular weight excluding hydrogens is 338 g/mol. The molecule has 0 radical (unpaired) electrons. The molecule has 0 aliphatic carbocycles. The zero-order valence-corrected chi connectivity index (χ0v) is 16.1. The highest BCUT2D eigenvalue weighted by molar-refractivity contribution is 5.68. The van der Waals surface area contributed by atoms with Gasteiger partial charge in [0.05, 0.1) is 19.3 Å². The van der Waals surface area contributed by atoms with E-state index in [0.29, 0.717) is 18.8 Å². The minimum Gasteiger partial charge on any atom is -0.444 e. The van der Waals surface area contributed by atoms with Crippen molar-refractivity contribution in [2.45, 2.75) is 52.7 Å². The van der Waals surface area contributed by atoms with E-state index in [-0.39, 0.29) is 12.5 Å². The minimum atomic E-state index is -0.744. The van der Waals surface area contributed by atoms with Crippen LogP contribution in [0.2, 0.25) is 0 Å². The second-order valence-corrected chi connectivity index (χ2v) is 7.43. The Bertz CT molecular complexity index is 577. The Morgan fingerprint density at radius 1 is 1.15 bits per heavy atom. The molecule has 0 heterocycles. The number of ether oxygens (including phenoxy) is 3. The van der Waals surface area contributed by atoms with Gasteiger partial charge in [-0.2, -0.15) is 0 Å². The number of nitrogens with one attached hydrogen (secondary N) is 1. The van der Waals surface area contributed by atoms with Gasteiger partial charge < -0.3 is 24.6 Å². The third kappa shape index (κ3) is 9.27. The predicted octanol–water partition coefficient (Wildman–Crippen LogP) is 3.29. The van der Waals surface area contributed by atoms with Crippen molar-refractivity contribution in [3.05, 3.63) is 29.8 Å². The normalized spacial score (nSPS) is 12.4. The molecule has 2 N–H and O–H groups in total. The van der Waals surface area contributed by atoms with Crippen LogP contribution in [0.3, 0.4) is 0 Å². The SMILES string of the molecule is CC(C)COC(=O)Oc1ccc(C[C@@H](CO)NC(=O)OC(C)(C)C)cc1. The van der Waals surface area contributed by atoms with E-state index in [9.17, 15) is 14.7 Å². The Balaban J connectivity index is 2.53. The molecule has 0 aliphatic rings. The molecule has 0 aromatic heterocycles. The maximum atomic E-state index is 11.8. The fourth-order valence-corrected chi connectivity index (χ4v) is 1.97. The molecular formula is C19H29NO6. The first-order chi connectivity index (χ1) is 12.1. The van der Waals surface area contributed by atoms with Crippen molar-refractivity contribution in [1.82, 2.24) is 5.32 Å². The van der Waals surface area contributed by atoms with Crippen molar-refractivity contribution >= 4 is 12.2 Å². The number of aliphatic hydroxyl groups excluding tert-OH is 1. The van der Waals surface area contributed by atoms with Crippen LogP contribution in [-0.4, -0.2) is 42.2 Å². The Kier molecular flexibility index (Phi) is 8.38. The molecule has 0 bridgehead atoms. The molecule has 7 heteroatoms. The summed E-state index contributed by atoms with van der Waals surface area (Å²) in [5.41, 5.74) is 0.260. The quantitative estimate of drug-likeness (QED) is 0.567. The number of aliphatic hydroxyl groups is 1. The van der Waals surface area contributed by atoms with E-state index in [1.54, 1.807) is 45.0 Å². The largest absolute Gasteiger partial charge is 0.513 e. The highest BCUT2D eigenvalue weighted by atomic mass is 16.7. The average Bonchev–Trinajstić information content (AvgIpc) is 2.52. The van der Waals surface area contributed by atoms with E-state index in [0.717, 1.165) is 5.56 Å². The fraction of sp³-hybridized carbons (Fsp3) is 0.579. The van der Waals surface area contributed by atoms with E-state index < -0.39 is 23.9 Å². The number of rotatable bonds is 7. The number of carbonyl (C=O) groups is 2.